The molecule has 184 valence electrons. The molecular formula is C24H26N4O6S. The van der Waals surface area contributed by atoms with Gasteiger partial charge in [0.05, 0.1) is 18.1 Å². The van der Waals surface area contributed by atoms with Crippen molar-refractivity contribution in [2.75, 3.05) is 38.2 Å². The second-order valence-electron chi connectivity index (χ2n) is 8.94. The number of hydrogen-bond donors (Lipinski definition) is 2. The van der Waals surface area contributed by atoms with E-state index in [1.165, 1.54) is 28.6 Å². The Morgan fingerprint density at radius 3 is 2.43 bits per heavy atom. The minimum Gasteiger partial charge on any atom is -0.379 e. The monoisotopic (exact) mass is 498 g/mol. The molecule has 2 N–H and O–H groups in total. The zero-order valence-electron chi connectivity index (χ0n) is 19.0. The van der Waals surface area contributed by atoms with Gasteiger partial charge in [0.1, 0.15) is 12.1 Å². The lowest BCUT2D eigenvalue weighted by Gasteiger charge is -2.32. The molecule has 0 aromatic heterocycles. The fourth-order valence-electron chi connectivity index (χ4n) is 4.83. The normalized spacial score (nSPS) is 22.7. The lowest BCUT2D eigenvalue weighted by atomic mass is 9.78. The maximum atomic E-state index is 13.2. The summed E-state index contributed by atoms with van der Waals surface area (Å²) in [5.41, 5.74) is 1.52. The summed E-state index contributed by atoms with van der Waals surface area (Å²) in [4.78, 5) is 39.5. The van der Waals surface area contributed by atoms with Crippen molar-refractivity contribution < 1.29 is 27.5 Å². The number of anilines is 1. The molecule has 11 heteroatoms. The summed E-state index contributed by atoms with van der Waals surface area (Å²) in [7, 11) is -3.64. The quantitative estimate of drug-likeness (QED) is 0.596. The Morgan fingerprint density at radius 2 is 1.71 bits per heavy atom. The number of amides is 4. The summed E-state index contributed by atoms with van der Waals surface area (Å²) in [6.45, 7) is 0.857. The zero-order chi connectivity index (χ0) is 24.6. The Bertz CT molecular complexity index is 1270. The average molecular weight is 499 g/mol. The molecule has 2 heterocycles. The first-order valence-corrected chi connectivity index (χ1v) is 12.9. The number of urea groups is 1. The largest absolute Gasteiger partial charge is 0.379 e. The summed E-state index contributed by atoms with van der Waals surface area (Å²) in [5.74, 6) is -0.954. The van der Waals surface area contributed by atoms with Crippen LogP contribution in [0, 0.1) is 0 Å². The Hall–Kier alpha value is -3.28. The zero-order valence-corrected chi connectivity index (χ0v) is 19.8. The smallest absolute Gasteiger partial charge is 0.325 e. The van der Waals surface area contributed by atoms with Crippen LogP contribution in [0.3, 0.4) is 0 Å². The van der Waals surface area contributed by atoms with Gasteiger partial charge in [-0.15, -0.1) is 0 Å². The molecule has 0 radical (unpaired) electrons. The van der Waals surface area contributed by atoms with Gasteiger partial charge in [-0.3, -0.25) is 14.5 Å². The van der Waals surface area contributed by atoms with E-state index in [4.69, 9.17) is 4.74 Å². The Balaban J connectivity index is 1.23. The van der Waals surface area contributed by atoms with Gasteiger partial charge in [-0.2, -0.15) is 4.31 Å². The summed E-state index contributed by atoms with van der Waals surface area (Å²) in [6.07, 6.45) is 1.54. The molecule has 0 bridgehead atoms. The maximum absolute atomic E-state index is 13.2. The van der Waals surface area contributed by atoms with Gasteiger partial charge in [0.15, 0.2) is 0 Å². The van der Waals surface area contributed by atoms with Crippen LogP contribution in [-0.4, -0.2) is 73.9 Å². The van der Waals surface area contributed by atoms with E-state index in [0.717, 1.165) is 16.0 Å². The molecule has 2 aliphatic heterocycles. The molecule has 2 aromatic carbocycles. The van der Waals surface area contributed by atoms with E-state index < -0.39 is 40.0 Å². The van der Waals surface area contributed by atoms with Crippen molar-refractivity contribution in [3.05, 3.63) is 59.7 Å². The molecule has 35 heavy (non-hydrogen) atoms. The fourth-order valence-corrected chi connectivity index (χ4v) is 6.24. The third-order valence-electron chi connectivity index (χ3n) is 6.73. The summed E-state index contributed by atoms with van der Waals surface area (Å²) in [5, 5.41) is 5.45. The highest BCUT2D eigenvalue weighted by atomic mass is 32.2. The van der Waals surface area contributed by atoms with Crippen LogP contribution < -0.4 is 10.6 Å². The molecule has 5 rings (SSSR count). The lowest BCUT2D eigenvalue weighted by Crippen LogP contribution is -2.51. The van der Waals surface area contributed by atoms with Gasteiger partial charge in [0.25, 0.3) is 5.91 Å². The summed E-state index contributed by atoms with van der Waals surface area (Å²) < 4.78 is 32.1. The predicted octanol–water partition coefficient (Wildman–Crippen LogP) is 1.13. The standard InChI is InChI=1S/C24H26N4O6S/c29-21(25-19-5-7-20(8-6-19)35(32,33)27-11-13-34-14-12-27)16-28-22(30)24(26-23(28)31)10-9-17-3-1-2-4-18(17)15-24/h1-8H,9-16H2,(H,25,29)(H,26,31). The molecule has 2 aromatic rings. The SMILES string of the molecule is O=C(CN1C(=O)NC2(CCc3ccccc3C2)C1=O)Nc1ccc(S(=O)(=O)N2CCOCC2)cc1. The number of morpholine rings is 1. The van der Waals surface area contributed by atoms with Crippen LogP contribution >= 0.6 is 0 Å². The fraction of sp³-hybridized carbons (Fsp3) is 0.375. The molecule has 1 aliphatic carbocycles. The second-order valence-corrected chi connectivity index (χ2v) is 10.9. The van der Waals surface area contributed by atoms with Crippen molar-refractivity contribution in [1.29, 1.82) is 0 Å². The van der Waals surface area contributed by atoms with Crippen LogP contribution in [0.2, 0.25) is 0 Å². The Kier molecular flexibility index (Phi) is 6.07. The van der Waals surface area contributed by atoms with Crippen molar-refractivity contribution in [3.63, 3.8) is 0 Å². The highest BCUT2D eigenvalue weighted by Gasteiger charge is 2.52. The molecule has 4 amide bonds. The van der Waals surface area contributed by atoms with Crippen LogP contribution in [0.25, 0.3) is 0 Å². The summed E-state index contributed by atoms with van der Waals surface area (Å²) >= 11 is 0. The van der Waals surface area contributed by atoms with E-state index in [-0.39, 0.29) is 4.90 Å². The van der Waals surface area contributed by atoms with Crippen LogP contribution in [-0.2, 0) is 37.2 Å². The number of nitrogens with one attached hydrogen (secondary N) is 2. The van der Waals surface area contributed by atoms with E-state index in [9.17, 15) is 22.8 Å². The Labute approximate surface area is 203 Å². The number of sulfonamides is 1. The van der Waals surface area contributed by atoms with Crippen LogP contribution in [0.4, 0.5) is 10.5 Å². The highest BCUT2D eigenvalue weighted by Crippen LogP contribution is 2.33. The molecule has 2 saturated heterocycles. The van der Waals surface area contributed by atoms with Gasteiger partial charge in [-0.05, 0) is 48.2 Å². The molecule has 3 aliphatic rings. The van der Waals surface area contributed by atoms with Gasteiger partial charge in [0.2, 0.25) is 15.9 Å². The van der Waals surface area contributed by atoms with Gasteiger partial charge >= 0.3 is 6.03 Å². The van der Waals surface area contributed by atoms with Crippen LogP contribution in [0.1, 0.15) is 17.5 Å². The third kappa shape index (κ3) is 4.42. The molecule has 0 saturated carbocycles. The van der Waals surface area contributed by atoms with Crippen molar-refractivity contribution in [3.8, 4) is 0 Å². The van der Waals surface area contributed by atoms with Gasteiger partial charge in [-0.1, -0.05) is 24.3 Å². The van der Waals surface area contributed by atoms with Crippen LogP contribution in [0.5, 0.6) is 0 Å². The van der Waals surface area contributed by atoms with Crippen molar-refractivity contribution in [2.45, 2.75) is 29.7 Å². The Morgan fingerprint density at radius 1 is 1.03 bits per heavy atom. The first kappa shape index (κ1) is 23.5. The molecule has 2 fully saturated rings. The van der Waals surface area contributed by atoms with E-state index in [1.54, 1.807) is 0 Å². The number of aryl methyl sites for hydroxylation is 1. The summed E-state index contributed by atoms with van der Waals surface area (Å²) in [6, 6.07) is 13.0. The number of nitrogens with zero attached hydrogens (tertiary/aromatic N) is 2. The predicted molar refractivity (Wildman–Crippen MR) is 126 cm³/mol. The van der Waals surface area contributed by atoms with E-state index in [2.05, 4.69) is 10.6 Å². The first-order chi connectivity index (χ1) is 16.8. The minimum atomic E-state index is -3.64. The number of ether oxygens (including phenoxy) is 1. The second kappa shape index (κ2) is 9.06. The van der Waals surface area contributed by atoms with Crippen molar-refractivity contribution in [2.24, 2.45) is 0 Å². The van der Waals surface area contributed by atoms with E-state index >= 15 is 0 Å². The lowest BCUT2D eigenvalue weighted by molar-refractivity contribution is -0.134. The highest BCUT2D eigenvalue weighted by molar-refractivity contribution is 7.89. The van der Waals surface area contributed by atoms with Crippen LogP contribution in [0.15, 0.2) is 53.4 Å². The number of benzene rings is 2. The third-order valence-corrected chi connectivity index (χ3v) is 8.64. The van der Waals surface area contributed by atoms with Crippen molar-refractivity contribution in [1.82, 2.24) is 14.5 Å². The molecule has 1 atom stereocenters. The van der Waals surface area contributed by atoms with Gasteiger partial charge < -0.3 is 15.4 Å². The van der Waals surface area contributed by atoms with E-state index in [0.29, 0.717) is 51.3 Å². The number of carbonyl (C=O) groups is 3. The molecule has 1 unspecified atom stereocenters. The minimum absolute atomic E-state index is 0.117. The average Bonchev–Trinajstić information content (AvgIpc) is 3.08. The number of carbonyl (C=O) groups excluding carboxylic acids is 3. The topological polar surface area (TPSA) is 125 Å². The molecule has 10 nitrogen and oxygen atoms in total. The molecule has 1 spiro atoms. The number of imide groups is 1. The van der Waals surface area contributed by atoms with Gasteiger partial charge in [-0.25, -0.2) is 13.2 Å². The number of fused-ring (bicyclic) bond motifs is 1. The van der Waals surface area contributed by atoms with Gasteiger partial charge in [0, 0.05) is 25.2 Å². The number of rotatable bonds is 5. The maximum Gasteiger partial charge on any atom is 0.325 e. The molecular weight excluding hydrogens is 472 g/mol. The van der Waals surface area contributed by atoms with Crippen molar-refractivity contribution >= 4 is 33.6 Å². The van der Waals surface area contributed by atoms with E-state index in [1.807, 2.05) is 24.3 Å². The first-order valence-electron chi connectivity index (χ1n) is 11.5. The number of hydrogen-bond acceptors (Lipinski definition) is 6.